The predicted octanol–water partition coefficient (Wildman–Crippen LogP) is 0.629. The Hall–Kier alpha value is -3.10. The number of aliphatic carboxylic acids is 1. The minimum absolute atomic E-state index is 0.0608. The highest BCUT2D eigenvalue weighted by atomic mass is 16.4. The molecule has 0 aliphatic heterocycles. The Labute approximate surface area is 150 Å². The number of carbonyl (C=O) groups excluding carboxylic acids is 1. The van der Waals surface area contributed by atoms with E-state index in [0.717, 1.165) is 0 Å². The first-order valence-electron chi connectivity index (χ1n) is 7.96. The topological polar surface area (TPSA) is 145 Å². The van der Waals surface area contributed by atoms with Gasteiger partial charge in [0.25, 0.3) is 0 Å². The van der Waals surface area contributed by atoms with Crippen molar-refractivity contribution in [2.45, 2.75) is 12.1 Å². The van der Waals surface area contributed by atoms with Crippen molar-refractivity contribution in [2.24, 2.45) is 5.73 Å². The van der Waals surface area contributed by atoms with Gasteiger partial charge in [-0.1, -0.05) is 36.4 Å². The number of benzene rings is 2. The van der Waals surface area contributed by atoms with Gasteiger partial charge in [-0.25, -0.2) is 0 Å². The number of nitrogens with one attached hydrogen (secondary N) is 2. The van der Waals surface area contributed by atoms with Gasteiger partial charge in [0.2, 0.25) is 5.91 Å². The molecule has 7 N–H and O–H groups in total. The van der Waals surface area contributed by atoms with E-state index in [1.54, 1.807) is 30.3 Å². The van der Waals surface area contributed by atoms with Crippen LogP contribution in [0.3, 0.4) is 0 Å². The van der Waals surface area contributed by atoms with Crippen molar-refractivity contribution >= 4 is 11.9 Å². The number of carboxylic acids is 1. The summed E-state index contributed by atoms with van der Waals surface area (Å²) in [5, 5.41) is 34.7. The maximum Gasteiger partial charge on any atom is 0.325 e. The zero-order chi connectivity index (χ0) is 19.1. The van der Waals surface area contributed by atoms with Crippen LogP contribution in [0.1, 0.15) is 23.2 Å². The number of amides is 1. The summed E-state index contributed by atoms with van der Waals surface area (Å²) in [4.78, 5) is 23.1. The van der Waals surface area contributed by atoms with Crippen molar-refractivity contribution in [3.8, 4) is 11.5 Å². The third kappa shape index (κ3) is 4.71. The van der Waals surface area contributed by atoms with Crippen LogP contribution in [0.5, 0.6) is 11.5 Å². The van der Waals surface area contributed by atoms with Crippen molar-refractivity contribution in [2.75, 3.05) is 13.1 Å². The molecule has 8 heteroatoms. The summed E-state index contributed by atoms with van der Waals surface area (Å²) in [5.74, 6) is -1.99. The molecule has 2 aromatic rings. The van der Waals surface area contributed by atoms with Crippen LogP contribution in [0.15, 0.2) is 48.5 Å². The van der Waals surface area contributed by atoms with Gasteiger partial charge in [0.15, 0.2) is 0 Å². The van der Waals surface area contributed by atoms with Gasteiger partial charge in [-0.05, 0) is 12.1 Å². The number of carboxylic acid groups (broad SMARTS) is 1. The Morgan fingerprint density at radius 2 is 1.27 bits per heavy atom. The van der Waals surface area contributed by atoms with Crippen LogP contribution < -0.4 is 16.4 Å². The summed E-state index contributed by atoms with van der Waals surface area (Å²) >= 11 is 0. The number of aromatic hydroxyl groups is 2. The molecule has 0 aromatic heterocycles. The number of phenolic OH excluding ortho intramolecular Hbond substituents is 2. The first kappa shape index (κ1) is 19.2. The monoisotopic (exact) mass is 359 g/mol. The van der Waals surface area contributed by atoms with Crippen LogP contribution in [0.2, 0.25) is 0 Å². The molecule has 0 aliphatic rings. The number of rotatable bonds is 9. The standard InChI is InChI=1S/C18H21N3O5/c19-17(24)15(11-5-1-3-7-13(11)22)20-9-10-21-16(18(25)26)12-6-2-4-8-14(12)23/h1-8,15-16,20-23H,9-10H2,(H2,19,24)(H,25,26). The van der Waals surface area contributed by atoms with Gasteiger partial charge in [0.05, 0.1) is 0 Å². The van der Waals surface area contributed by atoms with Gasteiger partial charge < -0.3 is 26.4 Å². The van der Waals surface area contributed by atoms with E-state index in [4.69, 9.17) is 5.73 Å². The van der Waals surface area contributed by atoms with Gasteiger partial charge >= 0.3 is 5.97 Å². The molecule has 0 saturated heterocycles. The van der Waals surface area contributed by atoms with E-state index in [9.17, 15) is 24.9 Å². The second kappa shape index (κ2) is 8.84. The first-order chi connectivity index (χ1) is 12.4. The van der Waals surface area contributed by atoms with Crippen molar-refractivity contribution < 1.29 is 24.9 Å². The molecule has 0 bridgehead atoms. The summed E-state index contributed by atoms with van der Waals surface area (Å²) in [7, 11) is 0. The molecule has 138 valence electrons. The van der Waals surface area contributed by atoms with Gasteiger partial charge in [-0.15, -0.1) is 0 Å². The molecule has 0 spiro atoms. The van der Waals surface area contributed by atoms with Crippen LogP contribution in [-0.4, -0.2) is 40.3 Å². The molecule has 1 amide bonds. The molecule has 26 heavy (non-hydrogen) atoms. The average Bonchev–Trinajstić information content (AvgIpc) is 2.59. The number of nitrogens with two attached hydrogens (primary N) is 1. The Morgan fingerprint density at radius 1 is 0.846 bits per heavy atom. The lowest BCUT2D eigenvalue weighted by atomic mass is 10.0. The first-order valence-corrected chi connectivity index (χ1v) is 7.96. The number of carbonyl (C=O) groups is 2. The molecule has 2 atom stereocenters. The Bertz CT molecular complexity index is 715. The average molecular weight is 359 g/mol. The van der Waals surface area contributed by atoms with Crippen molar-refractivity contribution in [3.05, 3.63) is 59.7 Å². The second-order valence-electron chi connectivity index (χ2n) is 5.63. The largest absolute Gasteiger partial charge is 0.508 e. The molecule has 0 saturated carbocycles. The molecule has 2 rings (SSSR count). The normalized spacial score (nSPS) is 13.1. The molecule has 0 heterocycles. The number of phenols is 2. The second-order valence-corrected chi connectivity index (χ2v) is 5.63. The van der Waals surface area contributed by atoms with Gasteiger partial charge in [-0.2, -0.15) is 0 Å². The predicted molar refractivity (Wildman–Crippen MR) is 94.5 cm³/mol. The third-order valence-corrected chi connectivity index (χ3v) is 3.85. The molecular weight excluding hydrogens is 338 g/mol. The van der Waals surface area contributed by atoms with E-state index in [1.165, 1.54) is 18.2 Å². The lowest BCUT2D eigenvalue weighted by molar-refractivity contribution is -0.139. The van der Waals surface area contributed by atoms with Crippen LogP contribution in [0.4, 0.5) is 0 Å². The van der Waals surface area contributed by atoms with Gasteiger partial charge in [0.1, 0.15) is 23.6 Å². The number of primary amides is 1. The van der Waals surface area contributed by atoms with Crippen molar-refractivity contribution in [1.82, 2.24) is 10.6 Å². The van der Waals surface area contributed by atoms with E-state index in [-0.39, 0.29) is 30.2 Å². The van der Waals surface area contributed by atoms with Crippen LogP contribution in [-0.2, 0) is 9.59 Å². The zero-order valence-electron chi connectivity index (χ0n) is 13.9. The van der Waals surface area contributed by atoms with Crippen LogP contribution in [0.25, 0.3) is 0 Å². The Morgan fingerprint density at radius 3 is 1.69 bits per heavy atom. The van der Waals surface area contributed by atoms with Gasteiger partial charge in [-0.3, -0.25) is 14.9 Å². The maximum atomic E-state index is 11.7. The van der Waals surface area contributed by atoms with Crippen LogP contribution >= 0.6 is 0 Å². The summed E-state index contributed by atoms with van der Waals surface area (Å²) < 4.78 is 0. The van der Waals surface area contributed by atoms with E-state index in [0.29, 0.717) is 5.56 Å². The summed E-state index contributed by atoms with van der Waals surface area (Å²) in [6.07, 6.45) is 0. The molecule has 2 aromatic carbocycles. The van der Waals surface area contributed by atoms with E-state index in [2.05, 4.69) is 10.6 Å². The highest BCUT2D eigenvalue weighted by molar-refractivity contribution is 5.82. The molecular formula is C18H21N3O5. The molecule has 8 nitrogen and oxygen atoms in total. The van der Waals surface area contributed by atoms with Gasteiger partial charge in [0, 0.05) is 24.2 Å². The fraction of sp³-hybridized carbons (Fsp3) is 0.222. The lowest BCUT2D eigenvalue weighted by Crippen LogP contribution is -2.39. The highest BCUT2D eigenvalue weighted by Crippen LogP contribution is 2.24. The van der Waals surface area contributed by atoms with Crippen molar-refractivity contribution in [3.63, 3.8) is 0 Å². The third-order valence-electron chi connectivity index (χ3n) is 3.85. The van der Waals surface area contributed by atoms with E-state index in [1.807, 2.05) is 0 Å². The smallest absolute Gasteiger partial charge is 0.325 e. The lowest BCUT2D eigenvalue weighted by Gasteiger charge is -2.19. The fourth-order valence-corrected chi connectivity index (χ4v) is 2.59. The molecule has 0 radical (unpaired) electrons. The zero-order valence-corrected chi connectivity index (χ0v) is 13.9. The fourth-order valence-electron chi connectivity index (χ4n) is 2.59. The Balaban J connectivity index is 1.99. The van der Waals surface area contributed by atoms with E-state index >= 15 is 0 Å². The molecule has 2 unspecified atom stereocenters. The Kier molecular flexibility index (Phi) is 6.54. The molecule has 0 fully saturated rings. The minimum Gasteiger partial charge on any atom is -0.508 e. The van der Waals surface area contributed by atoms with Crippen molar-refractivity contribution in [1.29, 1.82) is 0 Å². The minimum atomic E-state index is -1.14. The highest BCUT2D eigenvalue weighted by Gasteiger charge is 2.23. The van der Waals surface area contributed by atoms with Crippen LogP contribution in [0, 0.1) is 0 Å². The quantitative estimate of drug-likeness (QED) is 0.360. The summed E-state index contributed by atoms with van der Waals surface area (Å²) in [6, 6.07) is 10.5. The number of hydrogen-bond donors (Lipinski definition) is 6. The molecule has 0 aliphatic carbocycles. The summed E-state index contributed by atoms with van der Waals surface area (Å²) in [5.41, 5.74) is 5.96. The number of hydrogen-bond acceptors (Lipinski definition) is 6. The SMILES string of the molecule is NC(=O)C(NCCNC(C(=O)O)c1ccccc1O)c1ccccc1O. The maximum absolute atomic E-state index is 11.7. The summed E-state index contributed by atoms with van der Waals surface area (Å²) in [6.45, 7) is 0.391. The van der Waals surface area contributed by atoms with E-state index < -0.39 is 24.0 Å². The number of para-hydroxylation sites is 2.